The minimum Gasteiger partial charge on any atom is -0.341 e. The van der Waals surface area contributed by atoms with Crippen LogP contribution in [0.3, 0.4) is 0 Å². The summed E-state index contributed by atoms with van der Waals surface area (Å²) in [5.74, 6) is -2.70. The molecule has 11 heteroatoms. The van der Waals surface area contributed by atoms with Crippen molar-refractivity contribution in [2.75, 3.05) is 18.0 Å². The maximum atomic E-state index is 13.5. The van der Waals surface area contributed by atoms with Gasteiger partial charge in [-0.05, 0) is 24.1 Å². The van der Waals surface area contributed by atoms with Gasteiger partial charge >= 0.3 is 0 Å². The third-order valence-corrected chi connectivity index (χ3v) is 6.30. The Kier molecular flexibility index (Phi) is 4.72. The number of nitrogens with one attached hydrogen (secondary N) is 1. The predicted octanol–water partition coefficient (Wildman–Crippen LogP) is 1.48. The molecule has 1 atom stereocenters. The van der Waals surface area contributed by atoms with Crippen molar-refractivity contribution in [1.29, 1.82) is 0 Å². The number of nitrogens with zero attached hydrogens (tertiary/aromatic N) is 5. The number of carbonyl (C=O) groups is 3. The quantitative estimate of drug-likeness (QED) is 0.720. The molecule has 5 rings (SSSR count). The number of aryl methyl sites for hydroxylation is 1. The molecule has 0 bridgehead atoms. The smallest absolute Gasteiger partial charge is 0.255 e. The highest BCUT2D eigenvalue weighted by Gasteiger charge is 2.39. The normalized spacial score (nSPS) is 22.8. The van der Waals surface area contributed by atoms with Crippen LogP contribution in [0.4, 0.5) is 14.7 Å². The lowest BCUT2D eigenvalue weighted by Crippen LogP contribution is -2.52. The number of rotatable bonds is 3. The Morgan fingerprint density at radius 2 is 1.91 bits per heavy atom. The molecule has 32 heavy (non-hydrogen) atoms. The number of fused-ring (bicyclic) bond motifs is 1. The predicted molar refractivity (Wildman–Crippen MR) is 109 cm³/mol. The van der Waals surface area contributed by atoms with Gasteiger partial charge < -0.3 is 9.80 Å². The minimum atomic E-state index is -2.64. The maximum Gasteiger partial charge on any atom is 0.255 e. The fourth-order valence-corrected chi connectivity index (χ4v) is 4.52. The lowest BCUT2D eigenvalue weighted by Gasteiger charge is -2.31. The average Bonchev–Trinajstić information content (AvgIpc) is 3.28. The van der Waals surface area contributed by atoms with E-state index in [1.54, 1.807) is 28.8 Å². The van der Waals surface area contributed by atoms with Crippen molar-refractivity contribution in [2.45, 2.75) is 44.2 Å². The first-order valence-corrected chi connectivity index (χ1v) is 10.5. The number of imide groups is 1. The molecular formula is C21H22F2N6O3. The van der Waals surface area contributed by atoms with E-state index in [0.717, 1.165) is 5.56 Å². The zero-order valence-corrected chi connectivity index (χ0v) is 17.5. The van der Waals surface area contributed by atoms with Gasteiger partial charge in [0.05, 0.1) is 0 Å². The molecule has 2 saturated heterocycles. The molecule has 0 saturated carbocycles. The van der Waals surface area contributed by atoms with Gasteiger partial charge in [0, 0.05) is 57.1 Å². The van der Waals surface area contributed by atoms with E-state index < -0.39 is 17.9 Å². The molecule has 1 aromatic heterocycles. The fraction of sp³-hybridized carbons (Fsp3) is 0.476. The van der Waals surface area contributed by atoms with Crippen molar-refractivity contribution < 1.29 is 23.2 Å². The van der Waals surface area contributed by atoms with E-state index in [1.807, 2.05) is 6.07 Å². The highest BCUT2D eigenvalue weighted by Crippen LogP contribution is 2.33. The van der Waals surface area contributed by atoms with Crippen LogP contribution in [0, 0.1) is 0 Å². The Hall–Kier alpha value is -3.37. The molecule has 0 radical (unpaired) electrons. The van der Waals surface area contributed by atoms with Crippen molar-refractivity contribution >= 4 is 23.7 Å². The summed E-state index contributed by atoms with van der Waals surface area (Å²) >= 11 is 0. The Labute approximate surface area is 182 Å². The van der Waals surface area contributed by atoms with E-state index in [1.165, 1.54) is 4.90 Å². The molecule has 1 unspecified atom stereocenters. The molecule has 3 amide bonds. The third-order valence-electron chi connectivity index (χ3n) is 6.30. The summed E-state index contributed by atoms with van der Waals surface area (Å²) in [6, 6.07) is 4.58. The molecular weight excluding hydrogens is 422 g/mol. The molecule has 3 aliphatic heterocycles. The summed E-state index contributed by atoms with van der Waals surface area (Å²) < 4.78 is 28.6. The minimum absolute atomic E-state index is 0.199. The SMILES string of the molecule is Cn1nc(-c2ccc3c(c2)CN(C2CCC(=O)NC2=O)C3=O)nc1N1CCC(F)(F)CC1. The second-order valence-electron chi connectivity index (χ2n) is 8.47. The lowest BCUT2D eigenvalue weighted by atomic mass is 10.0. The van der Waals surface area contributed by atoms with Crippen LogP contribution in [-0.4, -0.2) is 62.4 Å². The van der Waals surface area contributed by atoms with Gasteiger partial charge in [0.25, 0.3) is 11.8 Å². The second-order valence-corrected chi connectivity index (χ2v) is 8.47. The summed E-state index contributed by atoms with van der Waals surface area (Å²) in [7, 11) is 1.72. The number of piperidine rings is 2. The zero-order valence-electron chi connectivity index (χ0n) is 17.5. The van der Waals surface area contributed by atoms with Crippen LogP contribution in [0.1, 0.15) is 41.6 Å². The van der Waals surface area contributed by atoms with E-state index in [9.17, 15) is 23.2 Å². The first-order chi connectivity index (χ1) is 15.2. The average molecular weight is 444 g/mol. The lowest BCUT2D eigenvalue weighted by molar-refractivity contribution is -0.136. The molecule has 1 aromatic carbocycles. The van der Waals surface area contributed by atoms with Crippen LogP contribution in [0.25, 0.3) is 11.4 Å². The fourth-order valence-electron chi connectivity index (χ4n) is 4.52. The van der Waals surface area contributed by atoms with E-state index in [-0.39, 0.29) is 50.7 Å². The van der Waals surface area contributed by atoms with Gasteiger partial charge in [0.15, 0.2) is 5.82 Å². The zero-order chi connectivity index (χ0) is 22.6. The summed E-state index contributed by atoms with van der Waals surface area (Å²) in [6.07, 6.45) is 0.0702. The summed E-state index contributed by atoms with van der Waals surface area (Å²) in [6.45, 7) is 0.673. The van der Waals surface area contributed by atoms with Gasteiger partial charge in [-0.15, -0.1) is 5.10 Å². The molecule has 1 N–H and O–H groups in total. The van der Waals surface area contributed by atoms with E-state index in [2.05, 4.69) is 15.4 Å². The van der Waals surface area contributed by atoms with Crippen molar-refractivity contribution in [2.24, 2.45) is 7.05 Å². The number of hydrogen-bond acceptors (Lipinski definition) is 6. The Bertz CT molecular complexity index is 1120. The molecule has 0 spiro atoms. The number of aromatic nitrogens is 3. The molecule has 4 heterocycles. The van der Waals surface area contributed by atoms with E-state index in [4.69, 9.17) is 0 Å². The van der Waals surface area contributed by atoms with Gasteiger partial charge in [-0.3, -0.25) is 19.7 Å². The summed E-state index contributed by atoms with van der Waals surface area (Å²) in [5.41, 5.74) is 1.96. The number of halogens is 2. The van der Waals surface area contributed by atoms with Gasteiger partial charge in [-0.1, -0.05) is 6.07 Å². The number of amides is 3. The third kappa shape index (κ3) is 3.51. The standard InChI is InChI=1S/C21H22F2N6O3/c1-27-20(28-8-6-21(22,23)7-9-28)25-17(26-27)12-2-3-14-13(10-12)11-29(19(14)32)15-4-5-16(30)24-18(15)31/h2-3,10,15H,4-9,11H2,1H3,(H,24,30,31). The van der Waals surface area contributed by atoms with Crippen molar-refractivity contribution in [3.05, 3.63) is 29.3 Å². The molecule has 2 fully saturated rings. The highest BCUT2D eigenvalue weighted by atomic mass is 19.3. The second kappa shape index (κ2) is 7.35. The number of anilines is 1. The van der Waals surface area contributed by atoms with E-state index in [0.29, 0.717) is 29.3 Å². The molecule has 2 aromatic rings. The molecule has 9 nitrogen and oxygen atoms in total. The van der Waals surface area contributed by atoms with Crippen LogP contribution < -0.4 is 10.2 Å². The van der Waals surface area contributed by atoms with E-state index >= 15 is 0 Å². The van der Waals surface area contributed by atoms with Gasteiger partial charge in [0.2, 0.25) is 17.8 Å². The Morgan fingerprint density at radius 1 is 1.16 bits per heavy atom. The molecule has 0 aliphatic carbocycles. The largest absolute Gasteiger partial charge is 0.341 e. The van der Waals surface area contributed by atoms with Gasteiger partial charge in [0.1, 0.15) is 6.04 Å². The summed E-state index contributed by atoms with van der Waals surface area (Å²) in [5, 5.41) is 6.73. The van der Waals surface area contributed by atoms with Crippen LogP contribution in [0.2, 0.25) is 0 Å². The van der Waals surface area contributed by atoms with Gasteiger partial charge in [-0.2, -0.15) is 4.98 Å². The van der Waals surface area contributed by atoms with Crippen LogP contribution in [-0.2, 0) is 23.2 Å². The van der Waals surface area contributed by atoms with Crippen LogP contribution in [0.5, 0.6) is 0 Å². The number of alkyl halides is 2. The summed E-state index contributed by atoms with van der Waals surface area (Å²) in [4.78, 5) is 44.3. The first kappa shape index (κ1) is 20.5. The van der Waals surface area contributed by atoms with Crippen molar-refractivity contribution in [3.8, 4) is 11.4 Å². The highest BCUT2D eigenvalue weighted by molar-refractivity contribution is 6.05. The van der Waals surface area contributed by atoms with Gasteiger partial charge in [-0.25, -0.2) is 13.5 Å². The van der Waals surface area contributed by atoms with Crippen LogP contribution in [0.15, 0.2) is 18.2 Å². The topological polar surface area (TPSA) is 100 Å². The van der Waals surface area contributed by atoms with Crippen LogP contribution >= 0.6 is 0 Å². The van der Waals surface area contributed by atoms with Crippen molar-refractivity contribution in [1.82, 2.24) is 25.0 Å². The molecule has 168 valence electrons. The first-order valence-electron chi connectivity index (χ1n) is 10.5. The van der Waals surface area contributed by atoms with Crippen molar-refractivity contribution in [3.63, 3.8) is 0 Å². The maximum absolute atomic E-state index is 13.5. The number of benzene rings is 1. The number of hydrogen-bond donors (Lipinski definition) is 1. The Balaban J connectivity index is 1.37. The molecule has 3 aliphatic rings. The monoisotopic (exact) mass is 444 g/mol. The number of carbonyl (C=O) groups excluding carboxylic acids is 3. The Morgan fingerprint density at radius 3 is 2.62 bits per heavy atom.